The summed E-state index contributed by atoms with van der Waals surface area (Å²) in [6, 6.07) is 13.5. The zero-order chi connectivity index (χ0) is 16.4. The van der Waals surface area contributed by atoms with Gasteiger partial charge in [0.1, 0.15) is 0 Å². The fourth-order valence-electron chi connectivity index (χ4n) is 2.37. The van der Waals surface area contributed by atoms with Crippen molar-refractivity contribution in [2.24, 2.45) is 5.10 Å². The summed E-state index contributed by atoms with van der Waals surface area (Å²) in [7, 11) is 0. The highest BCUT2D eigenvalue weighted by molar-refractivity contribution is 7.14. The van der Waals surface area contributed by atoms with Gasteiger partial charge in [-0.2, -0.15) is 5.10 Å². The van der Waals surface area contributed by atoms with E-state index >= 15 is 0 Å². The maximum Gasteiger partial charge on any atom is 0.272 e. The van der Waals surface area contributed by atoms with Crippen LogP contribution in [-0.2, 0) is 0 Å². The van der Waals surface area contributed by atoms with Crippen molar-refractivity contribution in [1.29, 1.82) is 0 Å². The van der Waals surface area contributed by atoms with E-state index in [1.165, 1.54) is 4.88 Å². The van der Waals surface area contributed by atoms with Crippen molar-refractivity contribution in [2.45, 2.75) is 20.8 Å². The number of nitrogens with zero attached hydrogens (tertiary/aromatic N) is 2. The number of fused-ring (bicyclic) bond motifs is 1. The number of hydrogen-bond donors (Lipinski definition) is 1. The second-order valence-electron chi connectivity index (χ2n) is 5.38. The summed E-state index contributed by atoms with van der Waals surface area (Å²) >= 11 is 1.66. The van der Waals surface area contributed by atoms with E-state index in [9.17, 15) is 4.79 Å². The Morgan fingerprint density at radius 2 is 1.96 bits per heavy atom. The SMILES string of the molecule is CC(=NNC(=O)c1cc(C)nc2ccccc12)c1ccc(C)s1. The Kier molecular flexibility index (Phi) is 4.21. The van der Waals surface area contributed by atoms with Crippen LogP contribution in [0.5, 0.6) is 0 Å². The number of rotatable bonds is 3. The molecule has 116 valence electrons. The van der Waals surface area contributed by atoms with Gasteiger partial charge in [0.2, 0.25) is 0 Å². The van der Waals surface area contributed by atoms with Crippen molar-refractivity contribution in [2.75, 3.05) is 0 Å². The molecule has 0 saturated carbocycles. The maximum atomic E-state index is 12.5. The lowest BCUT2D eigenvalue weighted by atomic mass is 10.1. The average molecular weight is 323 g/mol. The number of hydrogen-bond acceptors (Lipinski definition) is 4. The molecule has 0 radical (unpaired) electrons. The summed E-state index contributed by atoms with van der Waals surface area (Å²) in [4.78, 5) is 19.2. The molecule has 0 spiro atoms. The summed E-state index contributed by atoms with van der Waals surface area (Å²) in [5, 5.41) is 5.06. The molecule has 0 unspecified atom stereocenters. The monoisotopic (exact) mass is 323 g/mol. The fourth-order valence-corrected chi connectivity index (χ4v) is 3.19. The molecule has 0 fully saturated rings. The molecule has 4 nitrogen and oxygen atoms in total. The van der Waals surface area contributed by atoms with Gasteiger partial charge in [0.15, 0.2) is 0 Å². The number of carbonyl (C=O) groups excluding carboxylic acids is 1. The van der Waals surface area contributed by atoms with Gasteiger partial charge in [-0.1, -0.05) is 18.2 Å². The Morgan fingerprint density at radius 3 is 2.70 bits per heavy atom. The van der Waals surface area contributed by atoms with Crippen molar-refractivity contribution >= 4 is 33.9 Å². The molecule has 0 saturated heterocycles. The number of hydrazone groups is 1. The molecule has 2 aromatic heterocycles. The highest BCUT2D eigenvalue weighted by Crippen LogP contribution is 2.18. The highest BCUT2D eigenvalue weighted by atomic mass is 32.1. The highest BCUT2D eigenvalue weighted by Gasteiger charge is 2.11. The third kappa shape index (κ3) is 3.29. The van der Waals surface area contributed by atoms with Crippen LogP contribution < -0.4 is 5.43 Å². The number of aryl methyl sites for hydroxylation is 2. The Bertz CT molecular complexity index is 912. The van der Waals surface area contributed by atoms with Gasteiger partial charge in [-0.25, -0.2) is 5.43 Å². The van der Waals surface area contributed by atoms with Crippen molar-refractivity contribution in [3.63, 3.8) is 0 Å². The largest absolute Gasteiger partial charge is 0.272 e. The molecule has 0 aliphatic heterocycles. The van der Waals surface area contributed by atoms with Crippen molar-refractivity contribution in [1.82, 2.24) is 10.4 Å². The molecular formula is C18H17N3OS. The van der Waals surface area contributed by atoms with Crippen LogP contribution in [0, 0.1) is 13.8 Å². The number of para-hydroxylation sites is 1. The van der Waals surface area contributed by atoms with Crippen LogP contribution >= 0.6 is 11.3 Å². The average Bonchev–Trinajstić information content (AvgIpc) is 2.98. The molecule has 3 aromatic rings. The second-order valence-corrected chi connectivity index (χ2v) is 6.66. The predicted octanol–water partition coefficient (Wildman–Crippen LogP) is 4.07. The Hall–Kier alpha value is -2.53. The molecule has 2 heterocycles. The molecule has 0 aliphatic rings. The number of benzene rings is 1. The molecular weight excluding hydrogens is 306 g/mol. The number of aromatic nitrogens is 1. The van der Waals surface area contributed by atoms with Gasteiger partial charge in [-0.15, -0.1) is 11.3 Å². The quantitative estimate of drug-likeness (QED) is 0.583. The summed E-state index contributed by atoms with van der Waals surface area (Å²) in [5.41, 5.74) is 5.66. The van der Waals surface area contributed by atoms with Crippen LogP contribution in [0.25, 0.3) is 10.9 Å². The lowest BCUT2D eigenvalue weighted by Gasteiger charge is -2.07. The normalized spacial score (nSPS) is 11.7. The van der Waals surface area contributed by atoms with Crippen LogP contribution in [0.2, 0.25) is 0 Å². The molecule has 0 bridgehead atoms. The third-order valence-corrected chi connectivity index (χ3v) is 4.62. The smallest absolute Gasteiger partial charge is 0.267 e. The maximum absolute atomic E-state index is 12.5. The van der Waals surface area contributed by atoms with Crippen LogP contribution in [0.15, 0.2) is 47.6 Å². The van der Waals surface area contributed by atoms with E-state index in [1.54, 1.807) is 17.4 Å². The third-order valence-electron chi connectivity index (χ3n) is 3.51. The van der Waals surface area contributed by atoms with E-state index < -0.39 is 0 Å². The van der Waals surface area contributed by atoms with E-state index in [-0.39, 0.29) is 5.91 Å². The minimum absolute atomic E-state index is 0.223. The van der Waals surface area contributed by atoms with Gasteiger partial charge < -0.3 is 0 Å². The molecule has 1 aromatic carbocycles. The first-order chi connectivity index (χ1) is 11.0. The van der Waals surface area contributed by atoms with Gasteiger partial charge in [-0.05, 0) is 45.0 Å². The van der Waals surface area contributed by atoms with Gasteiger partial charge in [0.05, 0.1) is 21.7 Å². The van der Waals surface area contributed by atoms with Crippen molar-refractivity contribution in [3.05, 3.63) is 63.5 Å². The lowest BCUT2D eigenvalue weighted by Crippen LogP contribution is -2.19. The first-order valence-electron chi connectivity index (χ1n) is 7.32. The summed E-state index contributed by atoms with van der Waals surface area (Å²) < 4.78 is 0. The zero-order valence-corrected chi connectivity index (χ0v) is 14.1. The fraction of sp³-hybridized carbons (Fsp3) is 0.167. The van der Waals surface area contributed by atoms with E-state index in [2.05, 4.69) is 15.5 Å². The molecule has 23 heavy (non-hydrogen) atoms. The number of carbonyl (C=O) groups is 1. The van der Waals surface area contributed by atoms with Crippen LogP contribution in [-0.4, -0.2) is 16.6 Å². The van der Waals surface area contributed by atoms with E-state index in [0.717, 1.165) is 27.2 Å². The number of pyridine rings is 1. The molecule has 5 heteroatoms. The minimum Gasteiger partial charge on any atom is -0.267 e. The van der Waals surface area contributed by atoms with Crippen LogP contribution in [0.1, 0.15) is 32.7 Å². The summed E-state index contributed by atoms with van der Waals surface area (Å²) in [5.74, 6) is -0.223. The minimum atomic E-state index is -0.223. The predicted molar refractivity (Wildman–Crippen MR) is 95.2 cm³/mol. The van der Waals surface area contributed by atoms with E-state index in [1.807, 2.05) is 57.2 Å². The number of thiophene rings is 1. The van der Waals surface area contributed by atoms with Gasteiger partial charge in [0, 0.05) is 16.0 Å². The summed E-state index contributed by atoms with van der Waals surface area (Å²) in [6.45, 7) is 5.82. The first kappa shape index (κ1) is 15.4. The van der Waals surface area contributed by atoms with E-state index in [4.69, 9.17) is 0 Å². The number of nitrogens with one attached hydrogen (secondary N) is 1. The molecule has 3 rings (SSSR count). The Labute approximate surface area is 138 Å². The second kappa shape index (κ2) is 6.30. The lowest BCUT2D eigenvalue weighted by molar-refractivity contribution is 0.0956. The van der Waals surface area contributed by atoms with Crippen LogP contribution in [0.3, 0.4) is 0 Å². The summed E-state index contributed by atoms with van der Waals surface area (Å²) in [6.07, 6.45) is 0. The van der Waals surface area contributed by atoms with Gasteiger partial charge in [0.25, 0.3) is 5.91 Å². The number of amides is 1. The zero-order valence-electron chi connectivity index (χ0n) is 13.3. The Balaban J connectivity index is 1.89. The van der Waals surface area contributed by atoms with Crippen LogP contribution in [0.4, 0.5) is 0 Å². The molecule has 1 N–H and O–H groups in total. The first-order valence-corrected chi connectivity index (χ1v) is 8.14. The van der Waals surface area contributed by atoms with Gasteiger partial charge in [-0.3, -0.25) is 9.78 Å². The molecule has 1 amide bonds. The standard InChI is InChI=1S/C18H17N3OS/c1-11-10-15(14-6-4-5-7-16(14)19-11)18(22)21-20-13(3)17-9-8-12(2)23-17/h4-10H,1-3H3,(H,21,22). The van der Waals surface area contributed by atoms with Crippen molar-refractivity contribution in [3.8, 4) is 0 Å². The Morgan fingerprint density at radius 1 is 1.17 bits per heavy atom. The van der Waals surface area contributed by atoms with Crippen molar-refractivity contribution < 1.29 is 4.79 Å². The topological polar surface area (TPSA) is 54.4 Å². The molecule has 0 atom stereocenters. The van der Waals surface area contributed by atoms with Gasteiger partial charge >= 0.3 is 0 Å². The molecule has 0 aliphatic carbocycles. The van der Waals surface area contributed by atoms with E-state index in [0.29, 0.717) is 5.56 Å².